The zero-order valence-electron chi connectivity index (χ0n) is 10.3. The van der Waals surface area contributed by atoms with Gasteiger partial charge in [0.15, 0.2) is 0 Å². The van der Waals surface area contributed by atoms with Gasteiger partial charge >= 0.3 is 113 Å². The Bertz CT molecular complexity index is 454. The monoisotopic (exact) mass is 314 g/mol. The molecular formula is C9H17NO3PS3-. The Balaban J connectivity index is 3.07. The van der Waals surface area contributed by atoms with Crippen LogP contribution in [0.5, 0.6) is 0 Å². The van der Waals surface area contributed by atoms with Crippen LogP contribution >= 0.6 is 18.1 Å². The van der Waals surface area contributed by atoms with Gasteiger partial charge in [0, 0.05) is 0 Å². The predicted molar refractivity (Wildman–Crippen MR) is 79.7 cm³/mol. The number of hydrogen-bond donors (Lipinski definition) is 1. The van der Waals surface area contributed by atoms with E-state index >= 15 is 0 Å². The molecule has 1 aliphatic rings. The van der Waals surface area contributed by atoms with Crippen molar-refractivity contribution < 1.29 is 13.2 Å². The Morgan fingerprint density at radius 2 is 1.88 bits per heavy atom. The van der Waals surface area contributed by atoms with Gasteiger partial charge in [0.05, 0.1) is 0 Å². The summed E-state index contributed by atoms with van der Waals surface area (Å²) in [6.45, 7) is 7.88. The molecule has 1 amide bonds. The Labute approximate surface area is 113 Å². The van der Waals surface area contributed by atoms with E-state index in [-0.39, 0.29) is 28.0 Å². The predicted octanol–water partition coefficient (Wildman–Crippen LogP) is 2.09. The fraction of sp³-hybridized carbons (Fsp3) is 0.778. The third-order valence-corrected chi connectivity index (χ3v) is 10.0. The zero-order chi connectivity index (χ0) is 13.0. The van der Waals surface area contributed by atoms with E-state index in [0.29, 0.717) is 10.1 Å². The molecule has 4 nitrogen and oxygen atoms in total. The molecule has 0 atom stereocenters. The first-order chi connectivity index (χ1) is 7.88. The van der Waals surface area contributed by atoms with Gasteiger partial charge in [-0.25, -0.2) is 0 Å². The Morgan fingerprint density at radius 3 is 2.24 bits per heavy atom. The summed E-state index contributed by atoms with van der Waals surface area (Å²) in [5, 5.41) is 2.67. The van der Waals surface area contributed by atoms with Crippen LogP contribution in [0.2, 0.25) is 0 Å². The molecule has 0 unspecified atom stereocenters. The first-order valence-electron chi connectivity index (χ1n) is 5.23. The van der Waals surface area contributed by atoms with Crippen molar-refractivity contribution in [1.29, 1.82) is 0 Å². The van der Waals surface area contributed by atoms with Gasteiger partial charge < -0.3 is 0 Å². The SMILES string of the molecule is CC(C)OS(OC(C)C)=P#[S-]1CC(=O)NC1=S. The van der Waals surface area contributed by atoms with Crippen molar-refractivity contribution in [2.24, 2.45) is 0 Å². The fourth-order valence-electron chi connectivity index (χ4n) is 0.919. The van der Waals surface area contributed by atoms with E-state index in [1.54, 1.807) is 0 Å². The average Bonchev–Trinajstić information content (AvgIpc) is 2.42. The third kappa shape index (κ3) is 5.85. The third-order valence-electron chi connectivity index (χ3n) is 1.42. The molecule has 100 valence electrons. The van der Waals surface area contributed by atoms with Crippen molar-refractivity contribution in [2.45, 2.75) is 39.9 Å². The number of rotatable bonds is 4. The van der Waals surface area contributed by atoms with Crippen LogP contribution in [0.15, 0.2) is 0 Å². The molecule has 0 aromatic rings. The summed E-state index contributed by atoms with van der Waals surface area (Å²) in [4.78, 5) is 11.2. The van der Waals surface area contributed by atoms with Gasteiger partial charge in [-0.3, -0.25) is 0 Å². The molecule has 0 aromatic carbocycles. The van der Waals surface area contributed by atoms with E-state index in [1.165, 1.54) is 0 Å². The summed E-state index contributed by atoms with van der Waals surface area (Å²) in [6, 6.07) is 0. The molecule has 0 radical (unpaired) electrons. The van der Waals surface area contributed by atoms with Crippen LogP contribution in [0, 0.1) is 0 Å². The standard InChI is InChI=1S/C9H17NO3PS3/c1-6(2)12-17(13-7(3)4)14-16-5-8(11)10-9(16)15/h6-7H,5H2,1-4H3,(H,10,11,15)/q-1. The fourth-order valence-corrected chi connectivity index (χ4v) is 9.33. The van der Waals surface area contributed by atoms with Crippen LogP contribution in [0.25, 0.3) is 0 Å². The molecule has 0 spiro atoms. The molecular weight excluding hydrogens is 297 g/mol. The topological polar surface area (TPSA) is 47.6 Å². The molecule has 1 fully saturated rings. The summed E-state index contributed by atoms with van der Waals surface area (Å²) in [6.07, 6.45) is 0.209. The second-order valence-electron chi connectivity index (χ2n) is 3.93. The first-order valence-corrected chi connectivity index (χ1v) is 10.2. The second-order valence-corrected chi connectivity index (χ2v) is 11.0. The van der Waals surface area contributed by atoms with Gasteiger partial charge in [-0.05, 0) is 0 Å². The quantitative estimate of drug-likeness (QED) is 0.490. The van der Waals surface area contributed by atoms with Gasteiger partial charge in [-0.1, -0.05) is 0 Å². The number of thiocarbonyl (C=S) groups is 1. The molecule has 1 N–H and O–H groups in total. The second kappa shape index (κ2) is 7.26. The Morgan fingerprint density at radius 1 is 1.35 bits per heavy atom. The summed E-state index contributed by atoms with van der Waals surface area (Å²) in [5.74, 6) is 1.43. The van der Waals surface area contributed by atoms with Gasteiger partial charge in [-0.15, -0.1) is 0 Å². The molecule has 1 aliphatic heterocycles. The number of nitrogens with one attached hydrogen (secondary N) is 1. The zero-order valence-corrected chi connectivity index (χ0v) is 13.6. The average molecular weight is 314 g/mol. The molecule has 0 saturated carbocycles. The van der Waals surface area contributed by atoms with Gasteiger partial charge in [-0.2, -0.15) is 0 Å². The van der Waals surface area contributed by atoms with Gasteiger partial charge in [0.2, 0.25) is 0 Å². The van der Waals surface area contributed by atoms with Gasteiger partial charge in [0.25, 0.3) is 0 Å². The van der Waals surface area contributed by atoms with E-state index in [0.717, 1.165) is 5.93 Å². The normalized spacial score (nSPS) is 17.4. The van der Waals surface area contributed by atoms with Crippen LogP contribution in [0.3, 0.4) is 0 Å². The minimum absolute atomic E-state index is 0.00322. The van der Waals surface area contributed by atoms with E-state index in [2.05, 4.69) is 5.32 Å². The molecule has 0 aromatic heterocycles. The van der Waals surface area contributed by atoms with Crippen molar-refractivity contribution in [3.8, 4) is 0 Å². The minimum atomic E-state index is -0.605. The van der Waals surface area contributed by atoms with Crippen LogP contribution < -0.4 is 5.32 Å². The molecule has 0 aliphatic carbocycles. The van der Waals surface area contributed by atoms with E-state index in [9.17, 15) is 4.79 Å². The Kier molecular flexibility index (Phi) is 6.69. The van der Waals surface area contributed by atoms with E-state index < -0.39 is 10.6 Å². The van der Waals surface area contributed by atoms with Crippen LogP contribution in [0.1, 0.15) is 27.7 Å². The molecule has 1 saturated heterocycles. The van der Waals surface area contributed by atoms with E-state index in [1.807, 2.05) is 27.7 Å². The summed E-state index contributed by atoms with van der Waals surface area (Å²) < 4.78 is 12.0. The van der Waals surface area contributed by atoms with Crippen molar-refractivity contribution in [2.75, 3.05) is 5.75 Å². The number of amides is 1. The first kappa shape index (κ1) is 15.7. The molecule has 0 bridgehead atoms. The van der Waals surface area contributed by atoms with Crippen LogP contribution in [-0.2, 0) is 33.7 Å². The van der Waals surface area contributed by atoms with Crippen molar-refractivity contribution in [1.82, 2.24) is 5.32 Å². The van der Waals surface area contributed by atoms with Crippen LogP contribution in [-0.4, -0.2) is 28.2 Å². The molecule has 17 heavy (non-hydrogen) atoms. The van der Waals surface area contributed by atoms with Crippen molar-refractivity contribution in [3.05, 3.63) is 0 Å². The number of carbonyl (C=O) groups excluding carboxylic acids is 1. The summed E-state index contributed by atoms with van der Waals surface area (Å²) >= 11 is 5.13. The van der Waals surface area contributed by atoms with Crippen molar-refractivity contribution in [3.63, 3.8) is 0 Å². The molecule has 1 heterocycles. The van der Waals surface area contributed by atoms with Gasteiger partial charge in [0.1, 0.15) is 0 Å². The molecule has 8 heteroatoms. The molecule has 1 rings (SSSR count). The maximum atomic E-state index is 11.2. The van der Waals surface area contributed by atoms with E-state index in [4.69, 9.17) is 20.6 Å². The summed E-state index contributed by atoms with van der Waals surface area (Å²) in [7, 11) is -0.865. The van der Waals surface area contributed by atoms with Crippen molar-refractivity contribution >= 4 is 48.9 Å². The maximum absolute atomic E-state index is 11.2. The number of hydrogen-bond acceptors (Lipinski definition) is 5. The summed E-state index contributed by atoms with van der Waals surface area (Å²) in [5.41, 5.74) is 0. The number of carbonyl (C=O) groups is 1. The van der Waals surface area contributed by atoms with Crippen LogP contribution in [0.4, 0.5) is 0 Å². The Hall–Kier alpha value is 0.610.